The van der Waals surface area contributed by atoms with E-state index in [0.29, 0.717) is 6.04 Å². The van der Waals surface area contributed by atoms with Crippen LogP contribution in [0.2, 0.25) is 5.02 Å². The summed E-state index contributed by atoms with van der Waals surface area (Å²) in [5.41, 5.74) is 5.53. The van der Waals surface area contributed by atoms with Crippen LogP contribution in [-0.4, -0.2) is 6.04 Å². The third-order valence-electron chi connectivity index (χ3n) is 4.00. The fraction of sp³-hybridized carbons (Fsp3) is 0.333. The van der Waals surface area contributed by atoms with Crippen LogP contribution in [0.5, 0.6) is 0 Å². The second-order valence-corrected chi connectivity index (χ2v) is 6.01. The van der Waals surface area contributed by atoms with Gasteiger partial charge in [-0.3, -0.25) is 0 Å². The molecule has 0 saturated heterocycles. The monoisotopic (exact) mass is 285 g/mol. The lowest BCUT2D eigenvalue weighted by Crippen LogP contribution is -2.20. The van der Waals surface area contributed by atoms with Crippen molar-refractivity contribution < 1.29 is 0 Å². The molecule has 0 spiro atoms. The van der Waals surface area contributed by atoms with E-state index in [1.807, 2.05) is 6.07 Å². The van der Waals surface area contributed by atoms with Crippen LogP contribution < -0.4 is 5.32 Å². The molecule has 0 saturated carbocycles. The average molecular weight is 286 g/mol. The number of hydrogen-bond acceptors (Lipinski definition) is 1. The minimum atomic E-state index is 0.487. The van der Waals surface area contributed by atoms with Gasteiger partial charge in [-0.15, -0.1) is 0 Å². The Kier molecular flexibility index (Phi) is 3.98. The molecule has 2 heteroatoms. The predicted molar refractivity (Wildman–Crippen MR) is 86.7 cm³/mol. The van der Waals surface area contributed by atoms with Crippen LogP contribution in [0.4, 0.5) is 5.69 Å². The molecule has 1 aliphatic rings. The molecule has 0 aliphatic heterocycles. The smallest absolute Gasteiger partial charge is 0.0408 e. The summed E-state index contributed by atoms with van der Waals surface area (Å²) in [5.74, 6) is 0. The SMILES string of the molecule is CCCc1ccccc1NC1Cc2ccc(Cl)cc2C1. The van der Waals surface area contributed by atoms with Crippen molar-refractivity contribution in [3.8, 4) is 0 Å². The number of nitrogens with one attached hydrogen (secondary N) is 1. The fourth-order valence-corrected chi connectivity index (χ4v) is 3.25. The van der Waals surface area contributed by atoms with Gasteiger partial charge in [0.25, 0.3) is 0 Å². The largest absolute Gasteiger partial charge is 0.381 e. The summed E-state index contributed by atoms with van der Waals surface area (Å²) in [6.07, 6.45) is 4.47. The van der Waals surface area contributed by atoms with Gasteiger partial charge < -0.3 is 5.32 Å². The molecule has 0 bridgehead atoms. The minimum absolute atomic E-state index is 0.487. The number of anilines is 1. The lowest BCUT2D eigenvalue weighted by Gasteiger charge is -2.17. The summed E-state index contributed by atoms with van der Waals surface area (Å²) in [5, 5.41) is 4.56. The topological polar surface area (TPSA) is 12.0 Å². The van der Waals surface area contributed by atoms with E-state index in [1.54, 1.807) is 0 Å². The van der Waals surface area contributed by atoms with Gasteiger partial charge in [-0.25, -0.2) is 0 Å². The van der Waals surface area contributed by atoms with Crippen LogP contribution >= 0.6 is 11.6 Å². The first-order chi connectivity index (χ1) is 9.76. The molecular weight excluding hydrogens is 266 g/mol. The van der Waals surface area contributed by atoms with E-state index in [2.05, 4.69) is 48.6 Å². The molecule has 104 valence electrons. The van der Waals surface area contributed by atoms with Gasteiger partial charge in [0, 0.05) is 16.8 Å². The molecule has 0 amide bonds. The molecule has 1 nitrogen and oxygen atoms in total. The van der Waals surface area contributed by atoms with Crippen molar-refractivity contribution in [2.45, 2.75) is 38.6 Å². The molecule has 1 N–H and O–H groups in total. The summed E-state index contributed by atoms with van der Waals surface area (Å²) in [7, 11) is 0. The summed E-state index contributed by atoms with van der Waals surface area (Å²) >= 11 is 6.08. The highest BCUT2D eigenvalue weighted by molar-refractivity contribution is 6.30. The fourth-order valence-electron chi connectivity index (χ4n) is 3.06. The van der Waals surface area contributed by atoms with Crippen LogP contribution in [0.15, 0.2) is 42.5 Å². The van der Waals surface area contributed by atoms with Crippen LogP contribution in [0.25, 0.3) is 0 Å². The zero-order valence-electron chi connectivity index (χ0n) is 11.8. The third kappa shape index (κ3) is 2.83. The number of fused-ring (bicyclic) bond motifs is 1. The number of rotatable bonds is 4. The molecule has 0 radical (unpaired) electrons. The number of benzene rings is 2. The zero-order valence-corrected chi connectivity index (χ0v) is 12.6. The van der Waals surface area contributed by atoms with E-state index >= 15 is 0 Å². The first-order valence-electron chi connectivity index (χ1n) is 7.38. The Morgan fingerprint density at radius 2 is 1.90 bits per heavy atom. The second kappa shape index (κ2) is 5.88. The van der Waals surface area contributed by atoms with Gasteiger partial charge in [0.2, 0.25) is 0 Å². The van der Waals surface area contributed by atoms with Crippen molar-refractivity contribution in [2.75, 3.05) is 5.32 Å². The highest BCUT2D eigenvalue weighted by atomic mass is 35.5. The van der Waals surface area contributed by atoms with Gasteiger partial charge in [0.05, 0.1) is 0 Å². The predicted octanol–water partition coefficient (Wildman–Crippen LogP) is 4.87. The maximum absolute atomic E-state index is 6.08. The molecule has 1 atom stereocenters. The molecule has 0 heterocycles. The van der Waals surface area contributed by atoms with Gasteiger partial charge >= 0.3 is 0 Å². The lowest BCUT2D eigenvalue weighted by molar-refractivity contribution is 0.770. The Bertz CT molecular complexity index is 606. The number of halogens is 1. The van der Waals surface area contributed by atoms with Crippen molar-refractivity contribution in [3.63, 3.8) is 0 Å². The summed E-state index contributed by atoms with van der Waals surface area (Å²) in [4.78, 5) is 0. The van der Waals surface area contributed by atoms with E-state index in [1.165, 1.54) is 28.8 Å². The molecule has 0 fully saturated rings. The van der Waals surface area contributed by atoms with Crippen molar-refractivity contribution in [3.05, 3.63) is 64.2 Å². The number of aryl methyl sites for hydroxylation is 1. The number of para-hydroxylation sites is 1. The maximum atomic E-state index is 6.08. The van der Waals surface area contributed by atoms with E-state index in [4.69, 9.17) is 11.6 Å². The standard InChI is InChI=1S/C18H20ClN/c1-2-5-13-6-3-4-7-18(13)20-17-11-14-8-9-16(19)10-15(14)12-17/h3-4,6-10,17,20H,2,5,11-12H2,1H3. The quantitative estimate of drug-likeness (QED) is 0.845. The first kappa shape index (κ1) is 13.5. The average Bonchev–Trinajstić information content (AvgIpc) is 2.82. The Hall–Kier alpha value is -1.47. The van der Waals surface area contributed by atoms with Crippen molar-refractivity contribution in [1.29, 1.82) is 0 Å². The van der Waals surface area contributed by atoms with Gasteiger partial charge in [-0.05, 0) is 54.2 Å². The first-order valence-corrected chi connectivity index (χ1v) is 7.76. The van der Waals surface area contributed by atoms with Crippen LogP contribution in [0, 0.1) is 0 Å². The zero-order chi connectivity index (χ0) is 13.9. The van der Waals surface area contributed by atoms with Crippen molar-refractivity contribution >= 4 is 17.3 Å². The van der Waals surface area contributed by atoms with Crippen LogP contribution in [-0.2, 0) is 19.3 Å². The summed E-state index contributed by atoms with van der Waals surface area (Å²) < 4.78 is 0. The highest BCUT2D eigenvalue weighted by Gasteiger charge is 2.21. The summed E-state index contributed by atoms with van der Waals surface area (Å²) in [6.45, 7) is 2.23. The van der Waals surface area contributed by atoms with Crippen LogP contribution in [0.3, 0.4) is 0 Å². The molecule has 1 aliphatic carbocycles. The van der Waals surface area contributed by atoms with Gasteiger partial charge in [-0.1, -0.05) is 49.2 Å². The Morgan fingerprint density at radius 3 is 2.75 bits per heavy atom. The molecule has 20 heavy (non-hydrogen) atoms. The molecule has 2 aromatic carbocycles. The van der Waals surface area contributed by atoms with Crippen molar-refractivity contribution in [2.24, 2.45) is 0 Å². The Labute approximate surface area is 126 Å². The van der Waals surface area contributed by atoms with E-state index in [9.17, 15) is 0 Å². The van der Waals surface area contributed by atoms with Gasteiger partial charge in [0.15, 0.2) is 0 Å². The normalized spacial score (nSPS) is 17.0. The Balaban J connectivity index is 1.75. The van der Waals surface area contributed by atoms with E-state index < -0.39 is 0 Å². The lowest BCUT2D eigenvalue weighted by atomic mass is 10.1. The molecular formula is C18H20ClN. The third-order valence-corrected chi connectivity index (χ3v) is 4.23. The molecule has 0 aromatic heterocycles. The van der Waals surface area contributed by atoms with Gasteiger partial charge in [0.1, 0.15) is 0 Å². The molecule has 3 rings (SSSR count). The molecule has 1 unspecified atom stereocenters. The molecule has 2 aromatic rings. The highest BCUT2D eigenvalue weighted by Crippen LogP contribution is 2.28. The van der Waals surface area contributed by atoms with E-state index in [0.717, 1.165) is 24.3 Å². The summed E-state index contributed by atoms with van der Waals surface area (Å²) in [6, 6.07) is 15.4. The van der Waals surface area contributed by atoms with Crippen molar-refractivity contribution in [1.82, 2.24) is 0 Å². The van der Waals surface area contributed by atoms with E-state index in [-0.39, 0.29) is 0 Å². The maximum Gasteiger partial charge on any atom is 0.0408 e. The Morgan fingerprint density at radius 1 is 1.10 bits per heavy atom. The van der Waals surface area contributed by atoms with Crippen LogP contribution in [0.1, 0.15) is 30.0 Å². The minimum Gasteiger partial charge on any atom is -0.381 e. The second-order valence-electron chi connectivity index (χ2n) is 5.57. The number of hydrogen-bond donors (Lipinski definition) is 1. The van der Waals surface area contributed by atoms with Gasteiger partial charge in [-0.2, -0.15) is 0 Å².